The molecule has 2 aromatic rings. The van der Waals surface area contributed by atoms with Crippen LogP contribution in [0.3, 0.4) is 0 Å². The van der Waals surface area contributed by atoms with E-state index in [4.69, 9.17) is 37.9 Å². The summed E-state index contributed by atoms with van der Waals surface area (Å²) in [7, 11) is 0. The SMILES string of the molecule is O=C(CCCCC(=O)c1ccc(OCC2CO2)cc1OCC1CO1)c1ccc(OCC2CO2)cc1OCC1CO1. The molecule has 4 fully saturated rings. The first kappa shape index (κ1) is 27.0. The molecule has 0 N–H and O–H groups in total. The Morgan fingerprint density at radius 2 is 0.925 bits per heavy atom. The molecule has 2 aromatic carbocycles. The highest BCUT2D eigenvalue weighted by Gasteiger charge is 2.27. The Labute approximate surface area is 232 Å². The minimum atomic E-state index is -0.0363. The Balaban J connectivity index is 1.01. The van der Waals surface area contributed by atoms with Crippen molar-refractivity contribution in [3.8, 4) is 23.0 Å². The average molecular weight is 555 g/mol. The molecule has 10 heteroatoms. The standard InChI is InChI=1S/C30H34O10/c31-27(25-7-5-19(33-11-21-13-35-21)9-29(25)39-17-23-15-37-23)3-1-2-4-28(32)26-8-6-20(34-12-22-14-36-22)10-30(26)40-18-24-16-38-24/h5-10,21-24H,1-4,11-18H2. The van der Waals surface area contributed by atoms with Gasteiger partial charge in [-0.2, -0.15) is 0 Å². The van der Waals surface area contributed by atoms with Crippen molar-refractivity contribution < 1.29 is 47.5 Å². The van der Waals surface area contributed by atoms with Gasteiger partial charge in [-0.15, -0.1) is 0 Å². The molecule has 0 aliphatic carbocycles. The van der Waals surface area contributed by atoms with Crippen LogP contribution in [-0.2, 0) is 18.9 Å². The highest BCUT2D eigenvalue weighted by molar-refractivity contribution is 6.00. The molecule has 0 spiro atoms. The molecule has 4 atom stereocenters. The molecule has 4 aliphatic rings. The van der Waals surface area contributed by atoms with Gasteiger partial charge in [-0.1, -0.05) is 0 Å². The van der Waals surface area contributed by atoms with Crippen LogP contribution in [-0.4, -0.2) is 88.8 Å². The normalized spacial score (nSPS) is 23.7. The number of rotatable bonds is 19. The summed E-state index contributed by atoms with van der Waals surface area (Å²) < 4.78 is 44.2. The van der Waals surface area contributed by atoms with Gasteiger partial charge in [0.25, 0.3) is 0 Å². The van der Waals surface area contributed by atoms with Crippen molar-refractivity contribution >= 4 is 11.6 Å². The second-order valence-electron chi connectivity index (χ2n) is 10.4. The van der Waals surface area contributed by atoms with Crippen molar-refractivity contribution in [2.75, 3.05) is 52.9 Å². The Bertz CT molecular complexity index is 1100. The molecule has 40 heavy (non-hydrogen) atoms. The lowest BCUT2D eigenvalue weighted by atomic mass is 10.0. The van der Waals surface area contributed by atoms with Gasteiger partial charge >= 0.3 is 0 Å². The lowest BCUT2D eigenvalue weighted by Crippen LogP contribution is -2.11. The summed E-state index contributed by atoms with van der Waals surface area (Å²) in [5.74, 6) is 2.17. The van der Waals surface area contributed by atoms with Crippen molar-refractivity contribution in [1.29, 1.82) is 0 Å². The number of carbonyl (C=O) groups is 2. The molecule has 4 unspecified atom stereocenters. The van der Waals surface area contributed by atoms with Crippen molar-refractivity contribution in [2.45, 2.75) is 50.1 Å². The lowest BCUT2D eigenvalue weighted by Gasteiger charge is -2.13. The van der Waals surface area contributed by atoms with Crippen LogP contribution in [0, 0.1) is 0 Å². The molecule has 0 aromatic heterocycles. The highest BCUT2D eigenvalue weighted by Crippen LogP contribution is 2.30. The van der Waals surface area contributed by atoms with E-state index in [1.807, 2.05) is 0 Å². The maximum Gasteiger partial charge on any atom is 0.166 e. The molecular weight excluding hydrogens is 520 g/mol. The molecule has 4 saturated heterocycles. The minimum absolute atomic E-state index is 0.0363. The van der Waals surface area contributed by atoms with Gasteiger partial charge in [0.15, 0.2) is 11.6 Å². The summed E-state index contributed by atoms with van der Waals surface area (Å²) in [4.78, 5) is 26.2. The van der Waals surface area contributed by atoms with Crippen LogP contribution in [0.25, 0.3) is 0 Å². The summed E-state index contributed by atoms with van der Waals surface area (Å²) in [5, 5.41) is 0. The first-order chi connectivity index (χ1) is 19.6. The predicted molar refractivity (Wildman–Crippen MR) is 141 cm³/mol. The van der Waals surface area contributed by atoms with Crippen molar-refractivity contribution in [2.24, 2.45) is 0 Å². The fraction of sp³-hybridized carbons (Fsp3) is 0.533. The van der Waals surface area contributed by atoms with E-state index in [2.05, 4.69) is 0 Å². The third-order valence-electron chi connectivity index (χ3n) is 6.90. The van der Waals surface area contributed by atoms with E-state index in [0.29, 0.717) is 113 Å². The van der Waals surface area contributed by atoms with Crippen LogP contribution in [0.5, 0.6) is 23.0 Å². The quantitative estimate of drug-likeness (QED) is 0.145. The molecule has 0 amide bonds. The molecule has 0 saturated carbocycles. The van der Waals surface area contributed by atoms with Crippen molar-refractivity contribution in [1.82, 2.24) is 0 Å². The predicted octanol–water partition coefficient (Wildman–Crippen LogP) is 3.42. The molecule has 4 heterocycles. The lowest BCUT2D eigenvalue weighted by molar-refractivity contribution is 0.0949. The zero-order chi connectivity index (χ0) is 27.3. The topological polar surface area (TPSA) is 121 Å². The fourth-order valence-electron chi connectivity index (χ4n) is 4.13. The summed E-state index contributed by atoms with van der Waals surface area (Å²) in [6, 6.07) is 10.5. The smallest absolute Gasteiger partial charge is 0.166 e. The van der Waals surface area contributed by atoms with E-state index >= 15 is 0 Å². The highest BCUT2D eigenvalue weighted by atomic mass is 16.6. The number of unbranched alkanes of at least 4 members (excludes halogenated alkanes) is 1. The number of epoxide rings is 4. The van der Waals surface area contributed by atoms with Gasteiger partial charge in [0.1, 0.15) is 73.8 Å². The first-order valence-corrected chi connectivity index (χ1v) is 13.9. The van der Waals surface area contributed by atoms with Gasteiger partial charge in [-0.25, -0.2) is 0 Å². The third kappa shape index (κ3) is 8.17. The van der Waals surface area contributed by atoms with Crippen molar-refractivity contribution in [3.05, 3.63) is 47.5 Å². The Kier molecular flexibility index (Phi) is 8.48. The molecule has 0 bridgehead atoms. The zero-order valence-corrected chi connectivity index (χ0v) is 22.3. The van der Waals surface area contributed by atoms with E-state index in [9.17, 15) is 9.59 Å². The van der Waals surface area contributed by atoms with Crippen LogP contribution in [0.2, 0.25) is 0 Å². The van der Waals surface area contributed by atoms with E-state index in [1.54, 1.807) is 36.4 Å². The molecule has 4 aliphatic heterocycles. The Hall–Kier alpha value is -3.18. The summed E-state index contributed by atoms with van der Waals surface area (Å²) in [5.41, 5.74) is 1.01. The fourth-order valence-corrected chi connectivity index (χ4v) is 4.13. The van der Waals surface area contributed by atoms with Gasteiger partial charge in [0.05, 0.1) is 37.6 Å². The van der Waals surface area contributed by atoms with Crippen LogP contribution in [0.4, 0.5) is 0 Å². The number of carbonyl (C=O) groups excluding carboxylic acids is 2. The van der Waals surface area contributed by atoms with Gasteiger partial charge in [0, 0.05) is 25.0 Å². The monoisotopic (exact) mass is 554 g/mol. The minimum Gasteiger partial charge on any atom is -0.491 e. The van der Waals surface area contributed by atoms with Crippen LogP contribution >= 0.6 is 0 Å². The molecule has 214 valence electrons. The van der Waals surface area contributed by atoms with Crippen LogP contribution in [0.1, 0.15) is 46.4 Å². The number of hydrogen-bond donors (Lipinski definition) is 0. The number of Topliss-reactive ketones (excluding diaryl/α,β-unsaturated/α-hetero) is 2. The maximum absolute atomic E-state index is 13.1. The number of benzene rings is 2. The molecule has 0 radical (unpaired) electrons. The summed E-state index contributed by atoms with van der Waals surface area (Å²) in [6.45, 7) is 4.47. The average Bonchev–Trinajstić information content (AvgIpc) is 3.77. The number of ether oxygens (including phenoxy) is 8. The van der Waals surface area contributed by atoms with Gasteiger partial charge in [-0.05, 0) is 37.1 Å². The van der Waals surface area contributed by atoms with E-state index in [1.165, 1.54) is 0 Å². The second kappa shape index (κ2) is 12.6. The van der Waals surface area contributed by atoms with Crippen LogP contribution in [0.15, 0.2) is 36.4 Å². The third-order valence-corrected chi connectivity index (χ3v) is 6.90. The van der Waals surface area contributed by atoms with Crippen molar-refractivity contribution in [3.63, 3.8) is 0 Å². The van der Waals surface area contributed by atoms with E-state index in [0.717, 1.165) is 0 Å². The van der Waals surface area contributed by atoms with Gasteiger partial charge in [-0.3, -0.25) is 9.59 Å². The largest absolute Gasteiger partial charge is 0.491 e. The molecular formula is C30H34O10. The molecule has 6 rings (SSSR count). The van der Waals surface area contributed by atoms with Crippen LogP contribution < -0.4 is 18.9 Å². The van der Waals surface area contributed by atoms with E-state index < -0.39 is 0 Å². The maximum atomic E-state index is 13.1. The zero-order valence-electron chi connectivity index (χ0n) is 22.3. The Morgan fingerprint density at radius 3 is 1.27 bits per heavy atom. The summed E-state index contributed by atoms with van der Waals surface area (Å²) in [6.07, 6.45) is 2.15. The first-order valence-electron chi connectivity index (χ1n) is 13.9. The number of hydrogen-bond acceptors (Lipinski definition) is 10. The van der Waals surface area contributed by atoms with Gasteiger partial charge < -0.3 is 37.9 Å². The van der Waals surface area contributed by atoms with Gasteiger partial charge in [0.2, 0.25) is 0 Å². The second-order valence-corrected chi connectivity index (χ2v) is 10.4. The Morgan fingerprint density at radius 1 is 0.575 bits per heavy atom. The summed E-state index contributed by atoms with van der Waals surface area (Å²) >= 11 is 0. The number of ketones is 2. The van der Waals surface area contributed by atoms with E-state index in [-0.39, 0.29) is 36.0 Å². The molecule has 10 nitrogen and oxygen atoms in total.